The van der Waals surface area contributed by atoms with Gasteiger partial charge in [0.2, 0.25) is 0 Å². The monoisotopic (exact) mass is 282 g/mol. The number of nitrogens with zero attached hydrogens (tertiary/aromatic N) is 3. The van der Waals surface area contributed by atoms with Gasteiger partial charge in [0.05, 0.1) is 13.7 Å². The van der Waals surface area contributed by atoms with E-state index in [9.17, 15) is 4.79 Å². The molecule has 0 unspecified atom stereocenters. The van der Waals surface area contributed by atoms with Crippen LogP contribution in [-0.4, -0.2) is 26.9 Å². The number of hydrogen-bond donors (Lipinski definition) is 1. The van der Waals surface area contributed by atoms with Gasteiger partial charge >= 0.3 is 5.69 Å². The van der Waals surface area contributed by atoms with Gasteiger partial charge in [0.15, 0.2) is 5.82 Å². The molecule has 106 valence electrons. The molecule has 0 saturated heterocycles. The van der Waals surface area contributed by atoms with Crippen molar-refractivity contribution in [3.05, 3.63) is 64.8 Å². The lowest BCUT2D eigenvalue weighted by Gasteiger charge is -2.07. The number of hydrogen-bond acceptors (Lipinski definition) is 4. The summed E-state index contributed by atoms with van der Waals surface area (Å²) in [6.45, 7) is 0.441. The molecule has 0 saturated carbocycles. The van der Waals surface area contributed by atoms with E-state index >= 15 is 0 Å². The predicted octanol–water partition coefficient (Wildman–Crippen LogP) is 1.69. The molecule has 0 amide bonds. The van der Waals surface area contributed by atoms with E-state index in [2.05, 4.69) is 15.2 Å². The third kappa shape index (κ3) is 2.69. The molecule has 0 bridgehead atoms. The van der Waals surface area contributed by atoms with Gasteiger partial charge in [0, 0.05) is 18.0 Å². The summed E-state index contributed by atoms with van der Waals surface area (Å²) in [5.41, 5.74) is 1.60. The number of nitrogens with one attached hydrogen (secondary N) is 1. The summed E-state index contributed by atoms with van der Waals surface area (Å²) >= 11 is 0. The van der Waals surface area contributed by atoms with Crippen LogP contribution in [0.5, 0.6) is 5.75 Å². The van der Waals surface area contributed by atoms with E-state index < -0.39 is 0 Å². The number of ether oxygens (including phenoxy) is 1. The Morgan fingerprint density at radius 2 is 1.86 bits per heavy atom. The van der Waals surface area contributed by atoms with Gasteiger partial charge in [-0.2, -0.15) is 5.10 Å². The van der Waals surface area contributed by atoms with Crippen LogP contribution in [0.25, 0.3) is 11.4 Å². The maximum atomic E-state index is 11.9. The smallest absolute Gasteiger partial charge is 0.343 e. The lowest BCUT2D eigenvalue weighted by molar-refractivity contribution is 0.414. The van der Waals surface area contributed by atoms with Crippen LogP contribution < -0.4 is 10.4 Å². The van der Waals surface area contributed by atoms with E-state index in [-0.39, 0.29) is 5.69 Å². The summed E-state index contributed by atoms with van der Waals surface area (Å²) in [5.74, 6) is 1.38. The Kier molecular flexibility index (Phi) is 3.51. The molecule has 6 heteroatoms. The molecule has 0 aliphatic carbocycles. The minimum Gasteiger partial charge on any atom is -0.497 e. The first-order valence-corrected chi connectivity index (χ1v) is 6.46. The molecule has 3 aromatic rings. The van der Waals surface area contributed by atoms with Gasteiger partial charge in [-0.15, -0.1) is 0 Å². The first-order valence-electron chi connectivity index (χ1n) is 6.46. The molecule has 6 nitrogen and oxygen atoms in total. The second kappa shape index (κ2) is 5.62. The lowest BCUT2D eigenvalue weighted by Crippen LogP contribution is -2.18. The summed E-state index contributed by atoms with van der Waals surface area (Å²) in [5, 5.41) is 6.58. The number of benzene rings is 1. The largest absolute Gasteiger partial charge is 0.497 e. The van der Waals surface area contributed by atoms with Gasteiger partial charge in [0.1, 0.15) is 5.75 Å². The van der Waals surface area contributed by atoms with Crippen LogP contribution in [0.2, 0.25) is 0 Å². The molecule has 0 spiro atoms. The number of aromatic amines is 1. The van der Waals surface area contributed by atoms with E-state index in [4.69, 9.17) is 4.74 Å². The van der Waals surface area contributed by atoms with Crippen LogP contribution in [-0.2, 0) is 6.54 Å². The molecule has 0 radical (unpaired) electrons. The number of methoxy groups -OCH3 is 1. The highest BCUT2D eigenvalue weighted by molar-refractivity contribution is 5.53. The first-order chi connectivity index (χ1) is 10.3. The van der Waals surface area contributed by atoms with E-state index in [0.717, 1.165) is 16.9 Å². The predicted molar refractivity (Wildman–Crippen MR) is 78.2 cm³/mol. The molecule has 3 rings (SSSR count). The average molecular weight is 282 g/mol. The second-order valence-corrected chi connectivity index (χ2v) is 4.52. The fourth-order valence-corrected chi connectivity index (χ4v) is 2.10. The van der Waals surface area contributed by atoms with Gasteiger partial charge < -0.3 is 4.74 Å². The van der Waals surface area contributed by atoms with Crippen LogP contribution in [0.4, 0.5) is 0 Å². The van der Waals surface area contributed by atoms with Gasteiger partial charge in [-0.05, 0) is 29.8 Å². The van der Waals surface area contributed by atoms with E-state index in [1.165, 1.54) is 0 Å². The van der Waals surface area contributed by atoms with Crippen molar-refractivity contribution >= 4 is 0 Å². The van der Waals surface area contributed by atoms with Gasteiger partial charge in [0.25, 0.3) is 0 Å². The van der Waals surface area contributed by atoms with Gasteiger partial charge in [-0.1, -0.05) is 12.1 Å². The molecular weight excluding hydrogens is 268 g/mol. The Balaban J connectivity index is 1.95. The number of rotatable bonds is 4. The van der Waals surface area contributed by atoms with Gasteiger partial charge in [-0.25, -0.2) is 9.89 Å². The summed E-state index contributed by atoms with van der Waals surface area (Å²) in [6.07, 6.45) is 3.35. The Labute approximate surface area is 121 Å². The maximum Gasteiger partial charge on any atom is 0.343 e. The van der Waals surface area contributed by atoms with Crippen molar-refractivity contribution in [2.24, 2.45) is 0 Å². The Bertz CT molecular complexity index is 775. The van der Waals surface area contributed by atoms with Crippen molar-refractivity contribution in [2.75, 3.05) is 7.11 Å². The van der Waals surface area contributed by atoms with Crippen molar-refractivity contribution in [3.63, 3.8) is 0 Å². The molecule has 0 aliphatic heterocycles. The highest BCUT2D eigenvalue weighted by Crippen LogP contribution is 2.16. The minimum atomic E-state index is -0.238. The van der Waals surface area contributed by atoms with Crippen molar-refractivity contribution in [2.45, 2.75) is 6.54 Å². The molecular formula is C15H14N4O2. The third-order valence-electron chi connectivity index (χ3n) is 3.20. The van der Waals surface area contributed by atoms with Crippen LogP contribution in [0.15, 0.2) is 53.6 Å². The van der Waals surface area contributed by atoms with E-state index in [1.54, 1.807) is 24.1 Å². The Hall–Kier alpha value is -2.89. The van der Waals surface area contributed by atoms with Crippen LogP contribution >= 0.6 is 0 Å². The van der Waals surface area contributed by atoms with Gasteiger partial charge in [-0.3, -0.25) is 9.55 Å². The molecule has 1 N–H and O–H groups in total. The van der Waals surface area contributed by atoms with Crippen molar-refractivity contribution in [1.29, 1.82) is 0 Å². The van der Waals surface area contributed by atoms with E-state index in [1.807, 2.05) is 36.4 Å². The molecule has 0 atom stereocenters. The quantitative estimate of drug-likeness (QED) is 0.790. The van der Waals surface area contributed by atoms with Crippen molar-refractivity contribution in [1.82, 2.24) is 19.7 Å². The average Bonchev–Trinajstić information content (AvgIpc) is 2.90. The lowest BCUT2D eigenvalue weighted by atomic mass is 10.2. The molecule has 0 fully saturated rings. The number of H-pyrrole nitrogens is 1. The second-order valence-electron chi connectivity index (χ2n) is 4.52. The molecule has 2 heterocycles. The number of pyridine rings is 1. The number of aromatic nitrogens is 4. The molecule has 0 aliphatic rings. The zero-order valence-corrected chi connectivity index (χ0v) is 11.5. The standard InChI is InChI=1S/C15H14N4O2/c1-21-13-4-2-11(3-5-13)10-19-14(17-18-15(19)20)12-6-8-16-9-7-12/h2-9H,10H2,1H3,(H,18,20). The maximum absolute atomic E-state index is 11.9. The summed E-state index contributed by atoms with van der Waals surface area (Å²) in [4.78, 5) is 15.9. The summed E-state index contributed by atoms with van der Waals surface area (Å²) in [6, 6.07) is 11.2. The topological polar surface area (TPSA) is 72.8 Å². The SMILES string of the molecule is COc1ccc(Cn2c(-c3ccncc3)n[nH]c2=O)cc1. The highest BCUT2D eigenvalue weighted by atomic mass is 16.5. The normalized spacial score (nSPS) is 10.5. The van der Waals surface area contributed by atoms with E-state index in [0.29, 0.717) is 12.4 Å². The van der Waals surface area contributed by atoms with Crippen molar-refractivity contribution in [3.8, 4) is 17.1 Å². The first kappa shape index (κ1) is 13.1. The highest BCUT2D eigenvalue weighted by Gasteiger charge is 2.10. The molecule has 2 aromatic heterocycles. The van der Waals surface area contributed by atoms with Crippen LogP contribution in [0.1, 0.15) is 5.56 Å². The molecule has 21 heavy (non-hydrogen) atoms. The fourth-order valence-electron chi connectivity index (χ4n) is 2.10. The molecule has 1 aromatic carbocycles. The van der Waals surface area contributed by atoms with Crippen LogP contribution in [0.3, 0.4) is 0 Å². The fraction of sp³-hybridized carbons (Fsp3) is 0.133. The Morgan fingerprint density at radius 1 is 1.14 bits per heavy atom. The minimum absolute atomic E-state index is 0.238. The van der Waals surface area contributed by atoms with Crippen LogP contribution in [0, 0.1) is 0 Å². The Morgan fingerprint density at radius 3 is 2.52 bits per heavy atom. The zero-order valence-electron chi connectivity index (χ0n) is 11.5. The van der Waals surface area contributed by atoms with Crippen molar-refractivity contribution < 1.29 is 4.74 Å². The zero-order chi connectivity index (χ0) is 14.7. The summed E-state index contributed by atoms with van der Waals surface area (Å²) < 4.78 is 6.72. The third-order valence-corrected chi connectivity index (χ3v) is 3.20. The summed E-state index contributed by atoms with van der Waals surface area (Å²) in [7, 11) is 1.62.